The van der Waals surface area contributed by atoms with Crippen molar-refractivity contribution in [2.45, 2.75) is 6.92 Å². The smallest absolute Gasteiger partial charge is 0.269 e. The number of nitrogens with one attached hydrogen (secondary N) is 2. The molecule has 0 bridgehead atoms. The Morgan fingerprint density at radius 3 is 2.53 bits per heavy atom. The fraction of sp³-hybridized carbons (Fsp3) is 0.111. The first kappa shape index (κ1) is 12.0. The summed E-state index contributed by atoms with van der Waals surface area (Å²) in [7, 11) is 0. The predicted octanol–water partition coefficient (Wildman–Crippen LogP) is 1.88. The summed E-state index contributed by atoms with van der Waals surface area (Å²) in [5.41, 5.74) is 4.79. The summed E-state index contributed by atoms with van der Waals surface area (Å²) in [4.78, 5) is 22.0. The van der Waals surface area contributed by atoms with Crippen LogP contribution < -0.4 is 10.9 Å². The van der Waals surface area contributed by atoms with Gasteiger partial charge in [0.25, 0.3) is 5.91 Å². The Balaban J connectivity index is 2.74. The van der Waals surface area contributed by atoms with Gasteiger partial charge >= 0.3 is 0 Å². The molecule has 80 valence electrons. The number of amides is 2. The third-order valence-electron chi connectivity index (χ3n) is 1.53. The van der Waals surface area contributed by atoms with E-state index in [0.29, 0.717) is 15.1 Å². The molecular formula is C9H8BrClN2O2. The number of carbonyl (C=O) groups excluding carboxylic acids is 2. The quantitative estimate of drug-likeness (QED) is 0.776. The minimum Gasteiger partial charge on any atom is -0.274 e. The van der Waals surface area contributed by atoms with Crippen LogP contribution in [-0.2, 0) is 4.79 Å². The zero-order valence-corrected chi connectivity index (χ0v) is 10.1. The topological polar surface area (TPSA) is 58.2 Å². The van der Waals surface area contributed by atoms with Gasteiger partial charge in [0.05, 0.1) is 5.02 Å². The maximum absolute atomic E-state index is 11.4. The van der Waals surface area contributed by atoms with Crippen molar-refractivity contribution in [1.29, 1.82) is 0 Å². The van der Waals surface area contributed by atoms with Crippen molar-refractivity contribution in [3.63, 3.8) is 0 Å². The summed E-state index contributed by atoms with van der Waals surface area (Å²) in [5.74, 6) is -0.758. The SMILES string of the molecule is CC(=O)NNC(=O)c1ccc(Br)c(Cl)c1. The highest BCUT2D eigenvalue weighted by molar-refractivity contribution is 9.10. The van der Waals surface area contributed by atoms with E-state index in [1.54, 1.807) is 12.1 Å². The van der Waals surface area contributed by atoms with E-state index in [0.717, 1.165) is 0 Å². The average Bonchev–Trinajstić information content (AvgIpc) is 2.18. The first-order chi connectivity index (χ1) is 7.00. The molecule has 0 aliphatic rings. The van der Waals surface area contributed by atoms with Crippen molar-refractivity contribution < 1.29 is 9.59 Å². The Kier molecular flexibility index (Phi) is 4.11. The standard InChI is InChI=1S/C9H8BrClN2O2/c1-5(14)12-13-9(15)6-2-3-7(10)8(11)4-6/h2-4H,1H3,(H,12,14)(H,13,15). The predicted molar refractivity (Wildman–Crippen MR) is 60.4 cm³/mol. The molecule has 2 N–H and O–H groups in total. The van der Waals surface area contributed by atoms with Crippen molar-refractivity contribution in [3.8, 4) is 0 Å². The molecule has 4 nitrogen and oxygen atoms in total. The van der Waals surface area contributed by atoms with Crippen molar-refractivity contribution in [3.05, 3.63) is 33.3 Å². The van der Waals surface area contributed by atoms with Crippen LogP contribution in [0.3, 0.4) is 0 Å². The molecule has 0 unspecified atom stereocenters. The first-order valence-corrected chi connectivity index (χ1v) is 5.20. The molecule has 1 aromatic carbocycles. The summed E-state index contributed by atoms with van der Waals surface area (Å²) in [6.07, 6.45) is 0. The minimum absolute atomic E-state index is 0.341. The normalized spacial score (nSPS) is 9.53. The van der Waals surface area contributed by atoms with Gasteiger partial charge in [-0.15, -0.1) is 0 Å². The van der Waals surface area contributed by atoms with Gasteiger partial charge in [-0.05, 0) is 34.1 Å². The van der Waals surface area contributed by atoms with Crippen LogP contribution in [0.2, 0.25) is 5.02 Å². The first-order valence-electron chi connectivity index (χ1n) is 4.02. The molecule has 0 aliphatic heterocycles. The lowest BCUT2D eigenvalue weighted by Crippen LogP contribution is -2.40. The molecule has 0 heterocycles. The fourth-order valence-electron chi connectivity index (χ4n) is 0.854. The minimum atomic E-state index is -0.417. The summed E-state index contributed by atoms with van der Waals surface area (Å²) in [6, 6.07) is 4.75. The molecule has 0 fully saturated rings. The third kappa shape index (κ3) is 3.53. The molecule has 0 saturated heterocycles. The Bertz CT molecular complexity index is 409. The zero-order valence-electron chi connectivity index (χ0n) is 7.80. The number of benzene rings is 1. The highest BCUT2D eigenvalue weighted by Gasteiger charge is 2.07. The number of hydrogen-bond acceptors (Lipinski definition) is 2. The van der Waals surface area contributed by atoms with Crippen LogP contribution in [0.25, 0.3) is 0 Å². The molecule has 0 saturated carbocycles. The van der Waals surface area contributed by atoms with Gasteiger partial charge in [0.15, 0.2) is 0 Å². The Morgan fingerprint density at radius 2 is 2.00 bits per heavy atom. The number of hydrogen-bond donors (Lipinski definition) is 2. The zero-order chi connectivity index (χ0) is 11.4. The molecule has 15 heavy (non-hydrogen) atoms. The molecule has 2 amide bonds. The number of rotatable bonds is 1. The summed E-state index contributed by atoms with van der Waals surface area (Å²) in [5, 5.41) is 0.436. The van der Waals surface area contributed by atoms with Gasteiger partial charge in [-0.3, -0.25) is 20.4 Å². The van der Waals surface area contributed by atoms with Gasteiger partial charge in [-0.1, -0.05) is 11.6 Å². The van der Waals surface area contributed by atoms with Crippen LogP contribution in [-0.4, -0.2) is 11.8 Å². The van der Waals surface area contributed by atoms with E-state index in [2.05, 4.69) is 26.8 Å². The average molecular weight is 292 g/mol. The molecule has 6 heteroatoms. The van der Waals surface area contributed by atoms with E-state index in [1.807, 2.05) is 0 Å². The second kappa shape index (κ2) is 5.14. The Morgan fingerprint density at radius 1 is 1.33 bits per heavy atom. The number of hydrazine groups is 1. The fourth-order valence-corrected chi connectivity index (χ4v) is 1.28. The maximum Gasteiger partial charge on any atom is 0.269 e. The van der Waals surface area contributed by atoms with Crippen molar-refractivity contribution in [1.82, 2.24) is 10.9 Å². The largest absolute Gasteiger partial charge is 0.274 e. The molecular weight excluding hydrogens is 283 g/mol. The van der Waals surface area contributed by atoms with Gasteiger partial charge in [-0.2, -0.15) is 0 Å². The molecule has 0 aliphatic carbocycles. The van der Waals surface area contributed by atoms with E-state index >= 15 is 0 Å². The highest BCUT2D eigenvalue weighted by atomic mass is 79.9. The van der Waals surface area contributed by atoms with E-state index in [4.69, 9.17) is 11.6 Å². The lowest BCUT2D eigenvalue weighted by molar-refractivity contribution is -0.119. The highest BCUT2D eigenvalue weighted by Crippen LogP contribution is 2.22. The van der Waals surface area contributed by atoms with Crippen LogP contribution in [0.1, 0.15) is 17.3 Å². The number of carbonyl (C=O) groups is 2. The second-order valence-corrected chi connectivity index (χ2v) is 4.03. The van der Waals surface area contributed by atoms with Gasteiger partial charge < -0.3 is 0 Å². The molecule has 0 atom stereocenters. The number of halogens is 2. The van der Waals surface area contributed by atoms with Crippen LogP contribution in [0, 0.1) is 0 Å². The van der Waals surface area contributed by atoms with Gasteiger partial charge in [-0.25, -0.2) is 0 Å². The van der Waals surface area contributed by atoms with Crippen LogP contribution in [0.5, 0.6) is 0 Å². The van der Waals surface area contributed by atoms with Crippen LogP contribution >= 0.6 is 27.5 Å². The van der Waals surface area contributed by atoms with Gasteiger partial charge in [0.1, 0.15) is 0 Å². The lowest BCUT2D eigenvalue weighted by atomic mass is 10.2. The van der Waals surface area contributed by atoms with Crippen molar-refractivity contribution >= 4 is 39.3 Å². The van der Waals surface area contributed by atoms with Gasteiger partial charge in [0, 0.05) is 17.0 Å². The summed E-state index contributed by atoms with van der Waals surface area (Å²) in [6.45, 7) is 1.30. The summed E-state index contributed by atoms with van der Waals surface area (Å²) < 4.78 is 0.709. The monoisotopic (exact) mass is 290 g/mol. The third-order valence-corrected chi connectivity index (χ3v) is 2.77. The van der Waals surface area contributed by atoms with Gasteiger partial charge in [0.2, 0.25) is 5.91 Å². The lowest BCUT2D eigenvalue weighted by Gasteiger charge is -2.05. The summed E-state index contributed by atoms with van der Waals surface area (Å²) >= 11 is 9.01. The molecule has 0 aromatic heterocycles. The maximum atomic E-state index is 11.4. The van der Waals surface area contributed by atoms with E-state index < -0.39 is 5.91 Å². The van der Waals surface area contributed by atoms with Crippen LogP contribution in [0.4, 0.5) is 0 Å². The van der Waals surface area contributed by atoms with Crippen molar-refractivity contribution in [2.24, 2.45) is 0 Å². The van der Waals surface area contributed by atoms with Crippen molar-refractivity contribution in [2.75, 3.05) is 0 Å². The molecule has 0 radical (unpaired) electrons. The molecule has 0 spiro atoms. The molecule has 1 rings (SSSR count). The Hall–Kier alpha value is -1.07. The van der Waals surface area contributed by atoms with E-state index in [1.165, 1.54) is 13.0 Å². The van der Waals surface area contributed by atoms with E-state index in [-0.39, 0.29) is 5.91 Å². The van der Waals surface area contributed by atoms with E-state index in [9.17, 15) is 9.59 Å². The van der Waals surface area contributed by atoms with Crippen LogP contribution in [0.15, 0.2) is 22.7 Å². The Labute approximate surface area is 100 Å². The molecule has 1 aromatic rings. The second-order valence-electron chi connectivity index (χ2n) is 2.76.